The number of benzene rings is 2. The van der Waals surface area contributed by atoms with Crippen molar-refractivity contribution in [2.75, 3.05) is 18.1 Å². The van der Waals surface area contributed by atoms with Crippen LogP contribution in [0, 0.1) is 6.92 Å². The van der Waals surface area contributed by atoms with Crippen molar-refractivity contribution in [2.45, 2.75) is 13.8 Å². The number of aryl methyl sites for hydroxylation is 1. The van der Waals surface area contributed by atoms with E-state index in [1.165, 1.54) is 18.2 Å². The summed E-state index contributed by atoms with van der Waals surface area (Å²) in [6, 6.07) is 8.53. The standard InChI is InChI=1S/C22H20ClN3O6/c1-3-31-18-9-13(5-7-17(18)32-11-19(24)27)8-15-20(28)25-22(30)26(21(15)29)16-10-14(23)6-4-12(16)2/h4-10H,3,11H2,1-2H3,(H2,24,27)(H,25,28,30)/b15-8+. The Labute approximate surface area is 188 Å². The number of carbonyl (C=O) groups excluding carboxylic acids is 4. The van der Waals surface area contributed by atoms with Crippen molar-refractivity contribution in [3.63, 3.8) is 0 Å². The summed E-state index contributed by atoms with van der Waals surface area (Å²) in [5.74, 6) is -1.70. The average Bonchev–Trinajstić information content (AvgIpc) is 2.73. The quantitative estimate of drug-likeness (QED) is 0.485. The van der Waals surface area contributed by atoms with E-state index in [-0.39, 0.29) is 23.6 Å². The van der Waals surface area contributed by atoms with Gasteiger partial charge >= 0.3 is 6.03 Å². The van der Waals surface area contributed by atoms with Gasteiger partial charge in [-0.3, -0.25) is 19.7 Å². The number of hydrogen-bond donors (Lipinski definition) is 2. The third-order valence-corrected chi connectivity index (χ3v) is 4.70. The van der Waals surface area contributed by atoms with E-state index in [0.29, 0.717) is 28.5 Å². The van der Waals surface area contributed by atoms with E-state index in [1.807, 2.05) is 0 Å². The molecule has 0 aromatic heterocycles. The zero-order chi connectivity index (χ0) is 23.4. The molecule has 0 bridgehead atoms. The normalized spacial score (nSPS) is 15.0. The Balaban J connectivity index is 1.99. The number of nitrogens with zero attached hydrogens (tertiary/aromatic N) is 1. The van der Waals surface area contributed by atoms with E-state index in [1.54, 1.807) is 38.1 Å². The first-order valence-electron chi connectivity index (χ1n) is 9.56. The van der Waals surface area contributed by atoms with Gasteiger partial charge in [-0.15, -0.1) is 0 Å². The fraction of sp³-hybridized carbons (Fsp3) is 0.182. The van der Waals surface area contributed by atoms with Crippen LogP contribution in [0.25, 0.3) is 6.08 Å². The predicted molar refractivity (Wildman–Crippen MR) is 117 cm³/mol. The summed E-state index contributed by atoms with van der Waals surface area (Å²) in [4.78, 5) is 49.8. The number of nitrogens with one attached hydrogen (secondary N) is 1. The molecular formula is C22H20ClN3O6. The lowest BCUT2D eigenvalue weighted by Crippen LogP contribution is -2.54. The maximum absolute atomic E-state index is 13.1. The fourth-order valence-electron chi connectivity index (χ4n) is 3.02. The van der Waals surface area contributed by atoms with Gasteiger partial charge in [-0.1, -0.05) is 23.7 Å². The lowest BCUT2D eigenvalue weighted by molar-refractivity contribution is -0.123. The van der Waals surface area contributed by atoms with E-state index in [4.69, 9.17) is 26.8 Å². The Morgan fingerprint density at radius 1 is 1.12 bits per heavy atom. The number of barbiturate groups is 1. The number of anilines is 1. The van der Waals surface area contributed by atoms with Crippen molar-refractivity contribution < 1.29 is 28.7 Å². The largest absolute Gasteiger partial charge is 0.490 e. The molecule has 2 aromatic rings. The van der Waals surface area contributed by atoms with Crippen LogP contribution in [0.1, 0.15) is 18.1 Å². The Bertz CT molecular complexity index is 1140. The number of urea groups is 1. The van der Waals surface area contributed by atoms with Crippen molar-refractivity contribution in [3.8, 4) is 11.5 Å². The van der Waals surface area contributed by atoms with Gasteiger partial charge in [0.25, 0.3) is 17.7 Å². The number of amides is 5. The third-order valence-electron chi connectivity index (χ3n) is 4.46. The van der Waals surface area contributed by atoms with Crippen molar-refractivity contribution in [3.05, 3.63) is 58.1 Å². The molecule has 1 heterocycles. The molecule has 9 nitrogen and oxygen atoms in total. The van der Waals surface area contributed by atoms with Gasteiger partial charge in [0, 0.05) is 5.02 Å². The van der Waals surface area contributed by atoms with Crippen molar-refractivity contribution in [2.24, 2.45) is 5.73 Å². The molecule has 1 saturated heterocycles. The summed E-state index contributed by atoms with van der Waals surface area (Å²) in [6.07, 6.45) is 1.33. The van der Waals surface area contributed by atoms with Crippen molar-refractivity contribution >= 4 is 47.1 Å². The van der Waals surface area contributed by atoms with Crippen LogP contribution in [0.15, 0.2) is 42.0 Å². The van der Waals surface area contributed by atoms with Gasteiger partial charge in [-0.05, 0) is 55.3 Å². The highest BCUT2D eigenvalue weighted by atomic mass is 35.5. The molecule has 0 saturated carbocycles. The van der Waals surface area contributed by atoms with E-state index in [9.17, 15) is 19.2 Å². The van der Waals surface area contributed by atoms with E-state index >= 15 is 0 Å². The highest BCUT2D eigenvalue weighted by molar-refractivity contribution is 6.39. The summed E-state index contributed by atoms with van der Waals surface area (Å²) >= 11 is 6.03. The number of carbonyl (C=O) groups is 4. The van der Waals surface area contributed by atoms with Gasteiger partial charge < -0.3 is 15.2 Å². The van der Waals surface area contributed by atoms with E-state index in [2.05, 4.69) is 5.32 Å². The summed E-state index contributed by atoms with van der Waals surface area (Å²) < 4.78 is 10.8. The molecule has 1 aliphatic heterocycles. The maximum Gasteiger partial charge on any atom is 0.335 e. The summed E-state index contributed by atoms with van der Waals surface area (Å²) in [5.41, 5.74) is 6.18. The lowest BCUT2D eigenvalue weighted by atomic mass is 10.1. The van der Waals surface area contributed by atoms with Crippen LogP contribution in [-0.4, -0.2) is 37.0 Å². The zero-order valence-corrected chi connectivity index (χ0v) is 18.1. The molecule has 0 atom stereocenters. The number of imide groups is 2. The highest BCUT2D eigenvalue weighted by Gasteiger charge is 2.37. The topological polar surface area (TPSA) is 128 Å². The first-order chi connectivity index (χ1) is 15.2. The molecule has 0 aliphatic carbocycles. The maximum atomic E-state index is 13.1. The molecule has 0 spiro atoms. The first-order valence-corrected chi connectivity index (χ1v) is 9.94. The van der Waals surface area contributed by atoms with E-state index in [0.717, 1.165) is 4.90 Å². The fourth-order valence-corrected chi connectivity index (χ4v) is 3.18. The predicted octanol–water partition coefficient (Wildman–Crippen LogP) is 2.58. The number of halogens is 1. The van der Waals surface area contributed by atoms with Gasteiger partial charge in [-0.2, -0.15) is 0 Å². The second-order valence-electron chi connectivity index (χ2n) is 6.78. The summed E-state index contributed by atoms with van der Waals surface area (Å²) in [7, 11) is 0. The van der Waals surface area contributed by atoms with Crippen LogP contribution in [0.3, 0.4) is 0 Å². The van der Waals surface area contributed by atoms with Crippen LogP contribution < -0.4 is 25.4 Å². The minimum absolute atomic E-state index is 0.253. The summed E-state index contributed by atoms with van der Waals surface area (Å²) in [5, 5.41) is 2.50. The molecule has 166 valence electrons. The molecule has 0 unspecified atom stereocenters. The molecular weight excluding hydrogens is 438 g/mol. The second kappa shape index (κ2) is 9.52. The molecule has 1 aliphatic rings. The lowest BCUT2D eigenvalue weighted by Gasteiger charge is -2.27. The van der Waals surface area contributed by atoms with E-state index < -0.39 is 23.8 Å². The van der Waals surface area contributed by atoms with Gasteiger partial charge in [0.1, 0.15) is 5.57 Å². The third kappa shape index (κ3) is 4.89. The number of rotatable bonds is 7. The number of ether oxygens (including phenoxy) is 2. The van der Waals surface area contributed by atoms with Gasteiger partial charge in [-0.25, -0.2) is 9.69 Å². The van der Waals surface area contributed by atoms with Crippen LogP contribution in [0.2, 0.25) is 5.02 Å². The molecule has 3 N–H and O–H groups in total. The Kier molecular flexibility index (Phi) is 6.79. The molecule has 5 amide bonds. The molecule has 2 aromatic carbocycles. The van der Waals surface area contributed by atoms with Crippen LogP contribution in [-0.2, 0) is 14.4 Å². The minimum Gasteiger partial charge on any atom is -0.490 e. The van der Waals surface area contributed by atoms with Gasteiger partial charge in [0.05, 0.1) is 12.3 Å². The van der Waals surface area contributed by atoms with Crippen molar-refractivity contribution in [1.82, 2.24) is 5.32 Å². The molecule has 3 rings (SSSR count). The molecule has 1 fully saturated rings. The smallest absolute Gasteiger partial charge is 0.335 e. The monoisotopic (exact) mass is 457 g/mol. The van der Waals surface area contributed by atoms with Gasteiger partial charge in [0.2, 0.25) is 0 Å². The number of primary amides is 1. The number of nitrogens with two attached hydrogens (primary N) is 1. The number of hydrogen-bond acceptors (Lipinski definition) is 6. The van der Waals surface area contributed by atoms with Crippen LogP contribution >= 0.6 is 11.6 Å². The zero-order valence-electron chi connectivity index (χ0n) is 17.3. The highest BCUT2D eigenvalue weighted by Crippen LogP contribution is 2.31. The Morgan fingerprint density at radius 3 is 2.56 bits per heavy atom. The minimum atomic E-state index is -0.868. The molecule has 0 radical (unpaired) electrons. The van der Waals surface area contributed by atoms with Gasteiger partial charge in [0.15, 0.2) is 18.1 Å². The van der Waals surface area contributed by atoms with Crippen molar-refractivity contribution in [1.29, 1.82) is 0 Å². The summed E-state index contributed by atoms with van der Waals surface area (Å²) in [6.45, 7) is 3.45. The Morgan fingerprint density at radius 2 is 1.88 bits per heavy atom. The second-order valence-corrected chi connectivity index (χ2v) is 7.22. The molecule has 32 heavy (non-hydrogen) atoms. The van der Waals surface area contributed by atoms with Crippen LogP contribution in [0.5, 0.6) is 11.5 Å². The molecule has 10 heteroatoms. The SMILES string of the molecule is CCOc1cc(/C=C2\C(=O)NC(=O)N(c3cc(Cl)ccc3C)C2=O)ccc1OCC(N)=O. The first kappa shape index (κ1) is 22.8. The van der Waals surface area contributed by atoms with Crippen LogP contribution in [0.4, 0.5) is 10.5 Å². The Hall–Kier alpha value is -3.85. The average molecular weight is 458 g/mol.